The minimum absolute atomic E-state index is 0.00992. The van der Waals surface area contributed by atoms with E-state index in [1.807, 2.05) is 0 Å². The van der Waals surface area contributed by atoms with Gasteiger partial charge in [-0.1, -0.05) is 0 Å². The van der Waals surface area contributed by atoms with Crippen molar-refractivity contribution in [3.63, 3.8) is 0 Å². The maximum absolute atomic E-state index is 11.7. The third-order valence-electron chi connectivity index (χ3n) is 3.01. The molecule has 0 aliphatic rings. The summed E-state index contributed by atoms with van der Waals surface area (Å²) in [6, 6.07) is 5.30. The van der Waals surface area contributed by atoms with Crippen LogP contribution in [0.2, 0.25) is 0 Å². The number of nitrogens with one attached hydrogen (secondary N) is 1. The Labute approximate surface area is 133 Å². The summed E-state index contributed by atoms with van der Waals surface area (Å²) in [5, 5.41) is 14.7. The van der Waals surface area contributed by atoms with E-state index in [1.165, 1.54) is 4.80 Å². The summed E-state index contributed by atoms with van der Waals surface area (Å²) >= 11 is 0. The molecule has 1 N–H and O–H groups in total. The largest absolute Gasteiger partial charge is 0.493 e. The average molecular weight is 321 g/mol. The van der Waals surface area contributed by atoms with Crippen molar-refractivity contribution in [2.24, 2.45) is 0 Å². The van der Waals surface area contributed by atoms with Crippen LogP contribution in [0.4, 0.5) is 0 Å². The fourth-order valence-electron chi connectivity index (χ4n) is 1.88. The highest BCUT2D eigenvalue weighted by Gasteiger charge is 2.12. The smallest absolute Gasteiger partial charge is 0.243 e. The Bertz CT molecular complexity index is 658. The van der Waals surface area contributed by atoms with Crippen LogP contribution >= 0.6 is 0 Å². The molecule has 0 spiro atoms. The predicted octanol–water partition coefficient (Wildman–Crippen LogP) is 0.120. The quantitative estimate of drug-likeness (QED) is 0.689. The van der Waals surface area contributed by atoms with Gasteiger partial charge in [0.25, 0.3) is 0 Å². The van der Waals surface area contributed by atoms with Gasteiger partial charge in [-0.15, -0.1) is 10.2 Å². The minimum Gasteiger partial charge on any atom is -0.493 e. The van der Waals surface area contributed by atoms with Crippen LogP contribution in [0.1, 0.15) is 0 Å². The van der Waals surface area contributed by atoms with E-state index in [4.69, 9.17) is 14.2 Å². The third kappa shape index (κ3) is 4.39. The number of benzene rings is 1. The van der Waals surface area contributed by atoms with Gasteiger partial charge in [0.1, 0.15) is 6.54 Å². The van der Waals surface area contributed by atoms with Gasteiger partial charge in [-0.3, -0.25) is 4.79 Å². The second-order valence-electron chi connectivity index (χ2n) is 4.56. The van der Waals surface area contributed by atoms with Crippen LogP contribution in [-0.2, 0) is 16.1 Å². The molecule has 1 aromatic carbocycles. The van der Waals surface area contributed by atoms with Gasteiger partial charge in [0.2, 0.25) is 11.7 Å². The van der Waals surface area contributed by atoms with Gasteiger partial charge < -0.3 is 19.5 Å². The fourth-order valence-corrected chi connectivity index (χ4v) is 1.88. The summed E-state index contributed by atoms with van der Waals surface area (Å²) in [6.45, 7) is 0.879. The zero-order chi connectivity index (χ0) is 16.7. The van der Waals surface area contributed by atoms with E-state index in [0.717, 1.165) is 0 Å². The van der Waals surface area contributed by atoms with Crippen molar-refractivity contribution in [2.75, 3.05) is 34.5 Å². The van der Waals surface area contributed by atoms with E-state index < -0.39 is 0 Å². The molecular formula is C14H19N5O4. The Morgan fingerprint density at radius 1 is 1.22 bits per heavy atom. The second-order valence-corrected chi connectivity index (χ2v) is 4.56. The number of carbonyl (C=O) groups is 1. The van der Waals surface area contributed by atoms with Crippen molar-refractivity contribution in [3.05, 3.63) is 18.2 Å². The van der Waals surface area contributed by atoms with E-state index in [1.54, 1.807) is 39.5 Å². The fraction of sp³-hybridized carbons (Fsp3) is 0.429. The number of ether oxygens (including phenoxy) is 3. The summed E-state index contributed by atoms with van der Waals surface area (Å²) in [5.74, 6) is 1.37. The molecule has 0 bridgehead atoms. The molecule has 0 aliphatic heterocycles. The van der Waals surface area contributed by atoms with Crippen molar-refractivity contribution in [1.29, 1.82) is 0 Å². The topological polar surface area (TPSA) is 100 Å². The molecule has 23 heavy (non-hydrogen) atoms. The summed E-state index contributed by atoms with van der Waals surface area (Å²) in [5.41, 5.74) is 0.716. The minimum atomic E-state index is -0.210. The van der Waals surface area contributed by atoms with E-state index in [0.29, 0.717) is 36.0 Å². The molecule has 0 aliphatic carbocycles. The average Bonchev–Trinajstić information content (AvgIpc) is 3.02. The van der Waals surface area contributed by atoms with Crippen LogP contribution in [0.25, 0.3) is 11.4 Å². The van der Waals surface area contributed by atoms with Gasteiger partial charge in [0, 0.05) is 19.2 Å². The summed E-state index contributed by atoms with van der Waals surface area (Å²) < 4.78 is 15.3. The highest BCUT2D eigenvalue weighted by Crippen LogP contribution is 2.30. The van der Waals surface area contributed by atoms with Crippen molar-refractivity contribution >= 4 is 5.91 Å². The highest BCUT2D eigenvalue weighted by atomic mass is 16.5. The summed E-state index contributed by atoms with van der Waals surface area (Å²) in [7, 11) is 4.69. The SMILES string of the molecule is COCCNC(=O)Cn1nnc(-c2ccc(OC)c(OC)c2)n1. The van der Waals surface area contributed by atoms with Crippen molar-refractivity contribution in [1.82, 2.24) is 25.5 Å². The molecule has 0 unspecified atom stereocenters. The third-order valence-corrected chi connectivity index (χ3v) is 3.01. The number of amides is 1. The molecule has 0 fully saturated rings. The summed E-state index contributed by atoms with van der Waals surface area (Å²) in [4.78, 5) is 12.9. The first-order valence-corrected chi connectivity index (χ1v) is 6.93. The molecule has 0 atom stereocenters. The van der Waals surface area contributed by atoms with Crippen molar-refractivity contribution in [2.45, 2.75) is 6.54 Å². The van der Waals surface area contributed by atoms with Crippen LogP contribution in [0, 0.1) is 0 Å². The first-order valence-electron chi connectivity index (χ1n) is 6.93. The van der Waals surface area contributed by atoms with E-state index >= 15 is 0 Å². The molecule has 0 saturated heterocycles. The lowest BCUT2D eigenvalue weighted by molar-refractivity contribution is -0.122. The standard InChI is InChI=1S/C14H19N5O4/c1-21-7-6-15-13(20)9-19-17-14(16-18-19)10-4-5-11(22-2)12(8-10)23-3/h4-5,8H,6-7,9H2,1-3H3,(H,15,20). The molecule has 1 heterocycles. The van der Waals surface area contributed by atoms with Crippen molar-refractivity contribution in [3.8, 4) is 22.9 Å². The maximum Gasteiger partial charge on any atom is 0.243 e. The molecule has 1 amide bonds. The molecule has 0 saturated carbocycles. The van der Waals surface area contributed by atoms with E-state index in [2.05, 4.69) is 20.7 Å². The first-order chi connectivity index (χ1) is 11.2. The number of nitrogens with zero attached hydrogens (tertiary/aromatic N) is 4. The molecule has 2 aromatic rings. The lowest BCUT2D eigenvalue weighted by Gasteiger charge is -2.07. The first kappa shape index (κ1) is 16.7. The van der Waals surface area contributed by atoms with Gasteiger partial charge in [0.05, 0.1) is 20.8 Å². The lowest BCUT2D eigenvalue weighted by atomic mass is 10.2. The molecular weight excluding hydrogens is 302 g/mol. The van der Waals surface area contributed by atoms with Gasteiger partial charge in [-0.2, -0.15) is 4.80 Å². The number of aromatic nitrogens is 4. The van der Waals surface area contributed by atoms with Crippen LogP contribution < -0.4 is 14.8 Å². The monoisotopic (exact) mass is 321 g/mol. The zero-order valence-corrected chi connectivity index (χ0v) is 13.3. The van der Waals surface area contributed by atoms with Crippen molar-refractivity contribution < 1.29 is 19.0 Å². The number of hydrogen-bond donors (Lipinski definition) is 1. The van der Waals surface area contributed by atoms with Crippen LogP contribution in [-0.4, -0.2) is 60.6 Å². The summed E-state index contributed by atoms with van der Waals surface area (Å²) in [6.07, 6.45) is 0. The van der Waals surface area contributed by atoms with Crippen LogP contribution in [0.15, 0.2) is 18.2 Å². The number of carbonyl (C=O) groups excluding carboxylic acids is 1. The van der Waals surface area contributed by atoms with E-state index in [9.17, 15) is 4.79 Å². The Hall–Kier alpha value is -2.68. The lowest BCUT2D eigenvalue weighted by Crippen LogP contribution is -2.31. The molecule has 9 heteroatoms. The van der Waals surface area contributed by atoms with Gasteiger partial charge in [0.15, 0.2) is 11.5 Å². The number of rotatable bonds is 8. The van der Waals surface area contributed by atoms with Crippen LogP contribution in [0.5, 0.6) is 11.5 Å². The van der Waals surface area contributed by atoms with Gasteiger partial charge in [-0.25, -0.2) is 0 Å². The molecule has 9 nitrogen and oxygen atoms in total. The Morgan fingerprint density at radius 3 is 2.70 bits per heavy atom. The Kier molecular flexibility index (Phi) is 5.87. The number of tetrazole rings is 1. The number of methoxy groups -OCH3 is 3. The van der Waals surface area contributed by atoms with Gasteiger partial charge >= 0.3 is 0 Å². The normalized spacial score (nSPS) is 10.4. The van der Waals surface area contributed by atoms with Gasteiger partial charge in [-0.05, 0) is 23.4 Å². The highest BCUT2D eigenvalue weighted by molar-refractivity contribution is 5.75. The molecule has 124 valence electrons. The Morgan fingerprint density at radius 2 is 2.00 bits per heavy atom. The maximum atomic E-state index is 11.7. The predicted molar refractivity (Wildman–Crippen MR) is 81.2 cm³/mol. The number of hydrogen-bond acceptors (Lipinski definition) is 7. The second kappa shape index (κ2) is 8.08. The Balaban J connectivity index is 2.05. The van der Waals surface area contributed by atoms with E-state index in [-0.39, 0.29) is 12.5 Å². The molecule has 0 radical (unpaired) electrons. The van der Waals surface area contributed by atoms with Crippen LogP contribution in [0.3, 0.4) is 0 Å². The molecule has 1 aromatic heterocycles. The zero-order valence-electron chi connectivity index (χ0n) is 13.3. The molecule has 2 rings (SSSR count).